The molecule has 1 N–H and O–H groups in total. The van der Waals surface area contributed by atoms with Crippen LogP contribution >= 0.6 is 0 Å². The Bertz CT molecular complexity index is 308. The van der Waals surface area contributed by atoms with Gasteiger partial charge in [-0.15, -0.1) is 0 Å². The van der Waals surface area contributed by atoms with E-state index in [4.69, 9.17) is 0 Å². The molecule has 1 atom stereocenters. The number of aromatic nitrogens is 2. The predicted octanol–water partition coefficient (Wildman–Crippen LogP) is 0.468. The van der Waals surface area contributed by atoms with Crippen molar-refractivity contribution in [3.8, 4) is 0 Å². The minimum Gasteiger partial charge on any atom is -0.395 e. The Balaban J connectivity index is 2.22. The average Bonchev–Trinajstić information content (AvgIpc) is 2.62. The van der Waals surface area contributed by atoms with Crippen molar-refractivity contribution in [2.24, 2.45) is 0 Å². The molecular weight excluding hydrogens is 178 g/mol. The summed E-state index contributed by atoms with van der Waals surface area (Å²) in [5.74, 6) is 1.10. The first-order valence-corrected chi connectivity index (χ1v) is 5.09. The lowest BCUT2D eigenvalue weighted by molar-refractivity contribution is 0.0562. The zero-order valence-corrected chi connectivity index (χ0v) is 8.72. The molecule has 1 aliphatic heterocycles. The van der Waals surface area contributed by atoms with Gasteiger partial charge in [0.2, 0.25) is 0 Å². The summed E-state index contributed by atoms with van der Waals surface area (Å²) in [6.45, 7) is 6.22. The van der Waals surface area contributed by atoms with Crippen LogP contribution in [0.3, 0.4) is 0 Å². The molecule has 0 saturated carbocycles. The SMILES string of the molecule is CC(C)N1Cc2nccn2CC1CO. The number of rotatable bonds is 2. The Morgan fingerprint density at radius 3 is 3.07 bits per heavy atom. The van der Waals surface area contributed by atoms with E-state index in [-0.39, 0.29) is 12.6 Å². The van der Waals surface area contributed by atoms with E-state index in [1.807, 2.05) is 12.4 Å². The van der Waals surface area contributed by atoms with Gasteiger partial charge in [-0.2, -0.15) is 0 Å². The summed E-state index contributed by atoms with van der Waals surface area (Å²) in [7, 11) is 0. The molecule has 0 saturated heterocycles. The first kappa shape index (κ1) is 9.68. The largest absolute Gasteiger partial charge is 0.395 e. The maximum atomic E-state index is 9.30. The van der Waals surface area contributed by atoms with Crippen LogP contribution < -0.4 is 0 Å². The number of imidazole rings is 1. The van der Waals surface area contributed by atoms with Gasteiger partial charge in [0.15, 0.2) is 0 Å². The van der Waals surface area contributed by atoms with Crippen LogP contribution in [0.5, 0.6) is 0 Å². The van der Waals surface area contributed by atoms with Gasteiger partial charge in [-0.3, -0.25) is 4.90 Å². The first-order valence-electron chi connectivity index (χ1n) is 5.09. The van der Waals surface area contributed by atoms with E-state index in [0.717, 1.165) is 18.9 Å². The summed E-state index contributed by atoms with van der Waals surface area (Å²) in [4.78, 5) is 6.59. The van der Waals surface area contributed by atoms with Crippen LogP contribution in [0.4, 0.5) is 0 Å². The molecule has 2 heterocycles. The Morgan fingerprint density at radius 2 is 2.43 bits per heavy atom. The maximum absolute atomic E-state index is 9.30. The molecule has 78 valence electrons. The van der Waals surface area contributed by atoms with Gasteiger partial charge in [0, 0.05) is 25.0 Å². The molecule has 0 amide bonds. The van der Waals surface area contributed by atoms with Gasteiger partial charge in [0.25, 0.3) is 0 Å². The molecule has 2 rings (SSSR count). The Kier molecular flexibility index (Phi) is 2.56. The molecule has 1 aliphatic rings. The molecule has 1 unspecified atom stereocenters. The van der Waals surface area contributed by atoms with Crippen LogP contribution in [0.25, 0.3) is 0 Å². The summed E-state index contributed by atoms with van der Waals surface area (Å²) in [5.41, 5.74) is 0. The molecule has 0 spiro atoms. The molecule has 0 radical (unpaired) electrons. The van der Waals surface area contributed by atoms with Crippen LogP contribution in [-0.4, -0.2) is 38.2 Å². The van der Waals surface area contributed by atoms with Crippen LogP contribution in [0.1, 0.15) is 19.7 Å². The molecule has 0 aromatic carbocycles. The van der Waals surface area contributed by atoms with Crippen LogP contribution in [0, 0.1) is 0 Å². The molecule has 0 aliphatic carbocycles. The second-order valence-electron chi connectivity index (χ2n) is 4.10. The van der Waals surface area contributed by atoms with E-state index in [1.165, 1.54) is 0 Å². The van der Waals surface area contributed by atoms with Gasteiger partial charge in [-0.1, -0.05) is 0 Å². The van der Waals surface area contributed by atoms with E-state index >= 15 is 0 Å². The number of aliphatic hydroxyl groups is 1. The Hall–Kier alpha value is -0.870. The highest BCUT2D eigenvalue weighted by molar-refractivity contribution is 4.98. The quantitative estimate of drug-likeness (QED) is 0.745. The third-order valence-corrected chi connectivity index (χ3v) is 2.88. The molecule has 4 nitrogen and oxygen atoms in total. The van der Waals surface area contributed by atoms with Crippen molar-refractivity contribution in [1.29, 1.82) is 0 Å². The number of hydrogen-bond donors (Lipinski definition) is 1. The Morgan fingerprint density at radius 1 is 1.64 bits per heavy atom. The van der Waals surface area contributed by atoms with Gasteiger partial charge >= 0.3 is 0 Å². The fraction of sp³-hybridized carbons (Fsp3) is 0.700. The molecule has 4 heteroatoms. The maximum Gasteiger partial charge on any atom is 0.122 e. The van der Waals surface area contributed by atoms with Crippen molar-refractivity contribution < 1.29 is 5.11 Å². The second kappa shape index (κ2) is 3.71. The van der Waals surface area contributed by atoms with Gasteiger partial charge in [0.05, 0.1) is 19.2 Å². The molecule has 1 aromatic heterocycles. The van der Waals surface area contributed by atoms with Crippen molar-refractivity contribution >= 4 is 0 Å². The van der Waals surface area contributed by atoms with Crippen molar-refractivity contribution in [2.45, 2.75) is 39.0 Å². The van der Waals surface area contributed by atoms with Crippen LogP contribution in [-0.2, 0) is 13.1 Å². The van der Waals surface area contributed by atoms with Crippen molar-refractivity contribution in [3.63, 3.8) is 0 Å². The summed E-state index contributed by atoms with van der Waals surface area (Å²) in [5, 5.41) is 9.30. The van der Waals surface area contributed by atoms with E-state index in [0.29, 0.717) is 6.04 Å². The molecule has 14 heavy (non-hydrogen) atoms. The third-order valence-electron chi connectivity index (χ3n) is 2.88. The summed E-state index contributed by atoms with van der Waals surface area (Å²) >= 11 is 0. The van der Waals surface area contributed by atoms with Gasteiger partial charge in [0.1, 0.15) is 5.82 Å². The lowest BCUT2D eigenvalue weighted by Crippen LogP contribution is -2.48. The van der Waals surface area contributed by atoms with E-state index in [1.54, 1.807) is 0 Å². The fourth-order valence-electron chi connectivity index (χ4n) is 2.05. The highest BCUT2D eigenvalue weighted by Crippen LogP contribution is 2.18. The molecule has 0 bridgehead atoms. The second-order valence-corrected chi connectivity index (χ2v) is 4.10. The number of fused-ring (bicyclic) bond motifs is 1. The zero-order valence-electron chi connectivity index (χ0n) is 8.72. The number of hydrogen-bond acceptors (Lipinski definition) is 3. The topological polar surface area (TPSA) is 41.3 Å². The lowest BCUT2D eigenvalue weighted by Gasteiger charge is -2.37. The fourth-order valence-corrected chi connectivity index (χ4v) is 2.05. The number of aliphatic hydroxyl groups excluding tert-OH is 1. The zero-order chi connectivity index (χ0) is 10.1. The highest BCUT2D eigenvalue weighted by Gasteiger charge is 2.27. The minimum atomic E-state index is 0.218. The van der Waals surface area contributed by atoms with Crippen molar-refractivity contribution in [2.75, 3.05) is 6.61 Å². The number of nitrogens with zero attached hydrogens (tertiary/aromatic N) is 3. The summed E-state index contributed by atoms with van der Waals surface area (Å²) in [6, 6.07) is 0.689. The van der Waals surface area contributed by atoms with Gasteiger partial charge < -0.3 is 9.67 Å². The molecular formula is C10H17N3O. The predicted molar refractivity (Wildman–Crippen MR) is 53.8 cm³/mol. The smallest absolute Gasteiger partial charge is 0.122 e. The minimum absolute atomic E-state index is 0.218. The van der Waals surface area contributed by atoms with Gasteiger partial charge in [-0.05, 0) is 13.8 Å². The summed E-state index contributed by atoms with van der Waals surface area (Å²) < 4.78 is 2.12. The normalized spacial score (nSPS) is 22.7. The van der Waals surface area contributed by atoms with E-state index in [9.17, 15) is 5.11 Å². The Labute approximate surface area is 84.2 Å². The van der Waals surface area contributed by atoms with Gasteiger partial charge in [-0.25, -0.2) is 4.98 Å². The van der Waals surface area contributed by atoms with E-state index < -0.39 is 0 Å². The average molecular weight is 195 g/mol. The third kappa shape index (κ3) is 1.55. The lowest BCUT2D eigenvalue weighted by atomic mass is 10.1. The highest BCUT2D eigenvalue weighted by atomic mass is 16.3. The van der Waals surface area contributed by atoms with Crippen molar-refractivity contribution in [3.05, 3.63) is 18.2 Å². The molecule has 0 fully saturated rings. The molecule has 1 aromatic rings. The van der Waals surface area contributed by atoms with Crippen LogP contribution in [0.15, 0.2) is 12.4 Å². The monoisotopic (exact) mass is 195 g/mol. The van der Waals surface area contributed by atoms with E-state index in [2.05, 4.69) is 28.3 Å². The first-order chi connectivity index (χ1) is 6.72. The summed E-state index contributed by atoms with van der Waals surface area (Å²) in [6.07, 6.45) is 3.81. The van der Waals surface area contributed by atoms with Crippen molar-refractivity contribution in [1.82, 2.24) is 14.5 Å². The van der Waals surface area contributed by atoms with Crippen LogP contribution in [0.2, 0.25) is 0 Å². The standard InChI is InChI=1S/C10H17N3O/c1-8(2)13-6-10-11-3-4-12(10)5-9(13)7-14/h3-4,8-9,14H,5-7H2,1-2H3.